The molecule has 3 aromatic rings. The van der Waals surface area contributed by atoms with Crippen LogP contribution in [0.2, 0.25) is 0 Å². The minimum Gasteiger partial charge on any atom is -0.493 e. The quantitative estimate of drug-likeness (QED) is 0.568. The number of ether oxygens (including phenoxy) is 3. The predicted molar refractivity (Wildman–Crippen MR) is 106 cm³/mol. The van der Waals surface area contributed by atoms with Crippen LogP contribution in [0.3, 0.4) is 0 Å². The fourth-order valence-corrected chi connectivity index (χ4v) is 3.45. The summed E-state index contributed by atoms with van der Waals surface area (Å²) in [6.07, 6.45) is -4.84. The molecular weight excluding hydrogens is 421 g/mol. The van der Waals surface area contributed by atoms with Crippen LogP contribution in [0.25, 0.3) is 10.6 Å². The van der Waals surface area contributed by atoms with Crippen LogP contribution in [-0.2, 0) is 11.2 Å². The maximum absolute atomic E-state index is 12.3. The molecule has 0 aliphatic heterocycles. The van der Waals surface area contributed by atoms with Gasteiger partial charge < -0.3 is 19.5 Å². The normalized spacial score (nSPS) is 11.1. The van der Waals surface area contributed by atoms with Crippen LogP contribution >= 0.6 is 11.3 Å². The smallest absolute Gasteiger partial charge is 0.493 e. The van der Waals surface area contributed by atoms with E-state index in [0.717, 1.165) is 17.7 Å². The van der Waals surface area contributed by atoms with Crippen molar-refractivity contribution in [2.75, 3.05) is 19.5 Å². The molecule has 10 heteroatoms. The lowest BCUT2D eigenvalue weighted by atomic mass is 10.2. The van der Waals surface area contributed by atoms with E-state index in [1.165, 1.54) is 30.6 Å². The predicted octanol–water partition coefficient (Wildman–Crippen LogP) is 4.91. The van der Waals surface area contributed by atoms with E-state index in [1.807, 2.05) is 6.07 Å². The number of thiazole rings is 1. The van der Waals surface area contributed by atoms with E-state index >= 15 is 0 Å². The Morgan fingerprint density at radius 1 is 1.10 bits per heavy atom. The van der Waals surface area contributed by atoms with Gasteiger partial charge in [0.2, 0.25) is 5.91 Å². The number of aromatic nitrogens is 1. The zero-order valence-electron chi connectivity index (χ0n) is 15.9. The van der Waals surface area contributed by atoms with E-state index < -0.39 is 18.0 Å². The SMILES string of the molecule is COc1ccc(-c2nc(CC(=O)Nc3cccc(OC(F)(F)F)c3)cs2)cc1OC. The van der Waals surface area contributed by atoms with E-state index in [-0.39, 0.29) is 12.1 Å². The Balaban J connectivity index is 1.66. The average molecular weight is 438 g/mol. The average Bonchev–Trinajstić information content (AvgIpc) is 3.14. The molecule has 0 aliphatic rings. The zero-order chi connectivity index (χ0) is 21.7. The van der Waals surface area contributed by atoms with Crippen molar-refractivity contribution < 1.29 is 32.2 Å². The molecule has 0 atom stereocenters. The third-order valence-corrected chi connectivity index (χ3v) is 4.82. The number of benzene rings is 2. The van der Waals surface area contributed by atoms with Gasteiger partial charge in [0.1, 0.15) is 10.8 Å². The van der Waals surface area contributed by atoms with E-state index in [1.54, 1.807) is 24.6 Å². The highest BCUT2D eigenvalue weighted by atomic mass is 32.1. The number of halogens is 3. The van der Waals surface area contributed by atoms with Crippen LogP contribution in [-0.4, -0.2) is 31.5 Å². The number of nitrogens with one attached hydrogen (secondary N) is 1. The Labute approximate surface area is 174 Å². The second-order valence-corrected chi connectivity index (χ2v) is 6.87. The molecule has 0 spiro atoms. The first-order chi connectivity index (χ1) is 14.3. The first kappa shape index (κ1) is 21.4. The highest BCUT2D eigenvalue weighted by Gasteiger charge is 2.31. The lowest BCUT2D eigenvalue weighted by Gasteiger charge is -2.10. The maximum Gasteiger partial charge on any atom is 0.573 e. The lowest BCUT2D eigenvalue weighted by Crippen LogP contribution is -2.18. The van der Waals surface area contributed by atoms with Crippen LogP contribution in [0.4, 0.5) is 18.9 Å². The fourth-order valence-electron chi connectivity index (χ4n) is 2.63. The van der Waals surface area contributed by atoms with Gasteiger partial charge in [0.05, 0.1) is 26.3 Å². The molecule has 0 unspecified atom stereocenters. The van der Waals surface area contributed by atoms with E-state index in [0.29, 0.717) is 22.2 Å². The van der Waals surface area contributed by atoms with Crippen LogP contribution in [0, 0.1) is 0 Å². The number of carbonyl (C=O) groups is 1. The van der Waals surface area contributed by atoms with E-state index in [9.17, 15) is 18.0 Å². The summed E-state index contributed by atoms with van der Waals surface area (Å²) < 4.78 is 51.3. The largest absolute Gasteiger partial charge is 0.573 e. The molecule has 158 valence electrons. The first-order valence-electron chi connectivity index (χ1n) is 8.60. The van der Waals surface area contributed by atoms with Crippen molar-refractivity contribution in [3.63, 3.8) is 0 Å². The number of amides is 1. The Morgan fingerprint density at radius 2 is 1.87 bits per heavy atom. The van der Waals surface area contributed by atoms with Crippen molar-refractivity contribution in [3.05, 3.63) is 53.5 Å². The third-order valence-electron chi connectivity index (χ3n) is 3.88. The van der Waals surface area contributed by atoms with Gasteiger partial charge >= 0.3 is 6.36 Å². The van der Waals surface area contributed by atoms with Crippen molar-refractivity contribution in [1.29, 1.82) is 0 Å². The number of hydrogen-bond donors (Lipinski definition) is 1. The van der Waals surface area contributed by atoms with Gasteiger partial charge in [0.15, 0.2) is 11.5 Å². The molecule has 0 aliphatic carbocycles. The molecule has 0 bridgehead atoms. The summed E-state index contributed by atoms with van der Waals surface area (Å²) in [5.74, 6) is 0.326. The molecule has 3 rings (SSSR count). The van der Waals surface area contributed by atoms with Crippen molar-refractivity contribution in [1.82, 2.24) is 4.98 Å². The number of methoxy groups -OCH3 is 2. The first-order valence-corrected chi connectivity index (χ1v) is 9.48. The van der Waals surface area contributed by atoms with Crippen LogP contribution in [0.5, 0.6) is 17.2 Å². The topological polar surface area (TPSA) is 69.7 Å². The summed E-state index contributed by atoms with van der Waals surface area (Å²) in [5, 5.41) is 4.98. The van der Waals surface area contributed by atoms with Crippen molar-refractivity contribution in [2.24, 2.45) is 0 Å². The lowest BCUT2D eigenvalue weighted by molar-refractivity contribution is -0.274. The van der Waals surface area contributed by atoms with Crippen LogP contribution in [0.1, 0.15) is 5.69 Å². The minimum atomic E-state index is -4.80. The molecule has 0 saturated heterocycles. The summed E-state index contributed by atoms with van der Waals surface area (Å²) in [6, 6.07) is 10.5. The molecule has 1 amide bonds. The molecule has 1 aromatic heterocycles. The monoisotopic (exact) mass is 438 g/mol. The Hall–Kier alpha value is -3.27. The Bertz CT molecular complexity index is 1040. The van der Waals surface area contributed by atoms with Gasteiger partial charge in [0.25, 0.3) is 0 Å². The molecule has 0 saturated carbocycles. The highest BCUT2D eigenvalue weighted by Crippen LogP contribution is 2.33. The summed E-state index contributed by atoms with van der Waals surface area (Å²) >= 11 is 1.36. The zero-order valence-corrected chi connectivity index (χ0v) is 16.8. The minimum absolute atomic E-state index is 0.0336. The summed E-state index contributed by atoms with van der Waals surface area (Å²) in [5.41, 5.74) is 1.53. The van der Waals surface area contributed by atoms with Gasteiger partial charge in [-0.3, -0.25) is 4.79 Å². The number of rotatable bonds is 7. The highest BCUT2D eigenvalue weighted by molar-refractivity contribution is 7.13. The molecular formula is C20H17F3N2O4S. The van der Waals surface area contributed by atoms with Gasteiger partial charge in [-0.2, -0.15) is 0 Å². The number of anilines is 1. The fraction of sp³-hybridized carbons (Fsp3) is 0.200. The van der Waals surface area contributed by atoms with Gasteiger partial charge in [-0.05, 0) is 30.3 Å². The molecule has 1 heterocycles. The summed E-state index contributed by atoms with van der Waals surface area (Å²) in [7, 11) is 3.08. The second-order valence-electron chi connectivity index (χ2n) is 6.01. The van der Waals surface area contributed by atoms with Crippen LogP contribution in [0.15, 0.2) is 47.8 Å². The number of nitrogens with zero attached hydrogens (tertiary/aromatic N) is 1. The maximum atomic E-state index is 12.3. The number of alkyl halides is 3. The molecule has 0 radical (unpaired) electrons. The Morgan fingerprint density at radius 3 is 2.57 bits per heavy atom. The van der Waals surface area contributed by atoms with E-state index in [4.69, 9.17) is 9.47 Å². The molecule has 6 nitrogen and oxygen atoms in total. The molecule has 30 heavy (non-hydrogen) atoms. The van der Waals surface area contributed by atoms with Crippen molar-refractivity contribution >= 4 is 22.9 Å². The Kier molecular flexibility index (Phi) is 6.46. The molecule has 1 N–H and O–H groups in total. The summed E-state index contributed by atoms with van der Waals surface area (Å²) in [6.45, 7) is 0. The van der Waals surface area contributed by atoms with Crippen LogP contribution < -0.4 is 19.5 Å². The molecule has 2 aromatic carbocycles. The second kappa shape index (κ2) is 9.04. The number of hydrogen-bond acceptors (Lipinski definition) is 6. The standard InChI is InChI=1S/C20H17F3N2O4S/c1-27-16-7-6-12(8-17(16)28-2)19-25-14(11-30-19)10-18(26)24-13-4-3-5-15(9-13)29-20(21,22)23/h3-9,11H,10H2,1-2H3,(H,24,26). The third kappa shape index (κ3) is 5.63. The van der Waals surface area contributed by atoms with Crippen molar-refractivity contribution in [2.45, 2.75) is 12.8 Å². The van der Waals surface area contributed by atoms with E-state index in [2.05, 4.69) is 15.0 Å². The van der Waals surface area contributed by atoms with Gasteiger partial charge in [-0.1, -0.05) is 6.07 Å². The van der Waals surface area contributed by atoms with Crippen molar-refractivity contribution in [3.8, 4) is 27.8 Å². The van der Waals surface area contributed by atoms with Gasteiger partial charge in [0, 0.05) is 22.7 Å². The van der Waals surface area contributed by atoms with Gasteiger partial charge in [-0.15, -0.1) is 24.5 Å². The van der Waals surface area contributed by atoms with Gasteiger partial charge in [-0.25, -0.2) is 4.98 Å². The molecule has 0 fully saturated rings. The number of carbonyl (C=O) groups excluding carboxylic acids is 1. The summed E-state index contributed by atoms with van der Waals surface area (Å²) in [4.78, 5) is 16.7.